The Morgan fingerprint density at radius 3 is 2.88 bits per heavy atom. The number of piperidine rings is 1. The quantitative estimate of drug-likeness (QED) is 0.545. The Kier molecular flexibility index (Phi) is 6.68. The maximum Gasteiger partial charge on any atom is 0.260 e. The summed E-state index contributed by atoms with van der Waals surface area (Å²) in [6.07, 6.45) is 3.92. The topological polar surface area (TPSA) is 64.8 Å². The highest BCUT2D eigenvalue weighted by Gasteiger charge is 2.28. The van der Waals surface area contributed by atoms with Gasteiger partial charge in [-0.1, -0.05) is 18.2 Å². The molecule has 0 saturated carbocycles. The van der Waals surface area contributed by atoms with Crippen LogP contribution in [0.15, 0.2) is 53.1 Å². The van der Waals surface area contributed by atoms with E-state index in [0.29, 0.717) is 25.4 Å². The molecule has 1 fully saturated rings. The van der Waals surface area contributed by atoms with E-state index in [2.05, 4.69) is 4.98 Å². The Balaban J connectivity index is 1.36. The van der Waals surface area contributed by atoms with Gasteiger partial charge in [0.1, 0.15) is 17.3 Å². The molecule has 0 aliphatic carbocycles. The molecule has 0 radical (unpaired) electrons. The average molecular weight is 442 g/mol. The van der Waals surface area contributed by atoms with Crippen molar-refractivity contribution in [2.75, 3.05) is 26.8 Å². The second kappa shape index (κ2) is 9.80. The number of oxazole rings is 1. The Labute approximate surface area is 184 Å². The van der Waals surface area contributed by atoms with Gasteiger partial charge in [0.05, 0.1) is 19.2 Å². The molecule has 1 saturated heterocycles. The molecule has 4 rings (SSSR count). The van der Waals surface area contributed by atoms with Gasteiger partial charge in [-0.25, -0.2) is 13.8 Å². The van der Waals surface area contributed by atoms with Crippen molar-refractivity contribution in [3.05, 3.63) is 77.5 Å². The van der Waals surface area contributed by atoms with Crippen molar-refractivity contribution in [2.24, 2.45) is 0 Å². The van der Waals surface area contributed by atoms with Crippen LogP contribution in [-0.2, 0) is 11.2 Å². The lowest BCUT2D eigenvalue weighted by Crippen LogP contribution is -2.41. The van der Waals surface area contributed by atoms with E-state index in [1.807, 2.05) is 24.3 Å². The zero-order valence-electron chi connectivity index (χ0n) is 17.7. The fraction of sp³-hybridized carbons (Fsp3) is 0.333. The number of rotatable bonds is 7. The average Bonchev–Trinajstić information content (AvgIpc) is 3.27. The van der Waals surface area contributed by atoms with Crippen LogP contribution in [0.4, 0.5) is 8.78 Å². The first-order valence-electron chi connectivity index (χ1n) is 10.5. The monoisotopic (exact) mass is 442 g/mol. The molecule has 8 heteroatoms. The van der Waals surface area contributed by atoms with Gasteiger partial charge in [0.25, 0.3) is 5.91 Å². The summed E-state index contributed by atoms with van der Waals surface area (Å²) in [5.74, 6) is 0.133. The smallest absolute Gasteiger partial charge is 0.260 e. The van der Waals surface area contributed by atoms with Crippen LogP contribution in [0.1, 0.15) is 36.0 Å². The second-order valence-corrected chi connectivity index (χ2v) is 7.70. The normalized spacial score (nSPS) is 16.1. The lowest BCUT2D eigenvalue weighted by atomic mass is 9.98. The van der Waals surface area contributed by atoms with Crippen molar-refractivity contribution >= 4 is 5.91 Å². The molecule has 6 nitrogen and oxygen atoms in total. The van der Waals surface area contributed by atoms with E-state index in [9.17, 15) is 13.6 Å². The minimum atomic E-state index is -0.836. The van der Waals surface area contributed by atoms with Crippen LogP contribution in [0.25, 0.3) is 0 Å². The number of hydrogen-bond donors (Lipinski definition) is 0. The van der Waals surface area contributed by atoms with Gasteiger partial charge in [-0.2, -0.15) is 0 Å². The van der Waals surface area contributed by atoms with Gasteiger partial charge in [-0.15, -0.1) is 0 Å². The van der Waals surface area contributed by atoms with Gasteiger partial charge in [0.15, 0.2) is 24.1 Å². The first kappa shape index (κ1) is 21.8. The zero-order valence-corrected chi connectivity index (χ0v) is 17.7. The predicted molar refractivity (Wildman–Crippen MR) is 113 cm³/mol. The van der Waals surface area contributed by atoms with Crippen LogP contribution >= 0.6 is 0 Å². The molecule has 1 atom stereocenters. The van der Waals surface area contributed by atoms with Crippen LogP contribution in [-0.4, -0.2) is 42.6 Å². The standard InChI is InChI=1S/C24H24F2N2O4/c1-30-21-7-3-2-5-16(21)11-19-13-27-24(32-19)17-6-4-10-28(14-17)23(29)15-31-22-9-8-18(25)12-20(22)26/h2-3,5,7-9,12-13,17H,4,6,10-11,14-15H2,1H3/t17-/m0/s1. The largest absolute Gasteiger partial charge is 0.496 e. The highest BCUT2D eigenvalue weighted by atomic mass is 19.1. The molecule has 0 spiro atoms. The van der Waals surface area contributed by atoms with Crippen LogP contribution < -0.4 is 9.47 Å². The maximum absolute atomic E-state index is 13.7. The van der Waals surface area contributed by atoms with Crippen molar-refractivity contribution in [1.29, 1.82) is 0 Å². The Bertz CT molecular complexity index is 1090. The molecule has 0 bridgehead atoms. The van der Waals surface area contributed by atoms with Crippen LogP contribution in [0, 0.1) is 11.6 Å². The molecule has 1 aliphatic heterocycles. The molecular formula is C24H24F2N2O4. The van der Waals surface area contributed by atoms with E-state index in [0.717, 1.165) is 42.0 Å². The number of halogens is 2. The molecule has 2 heterocycles. The number of para-hydroxylation sites is 1. The molecule has 3 aromatic rings. The van der Waals surface area contributed by atoms with Crippen LogP contribution in [0.3, 0.4) is 0 Å². The van der Waals surface area contributed by atoms with Gasteiger partial charge in [-0.3, -0.25) is 4.79 Å². The van der Waals surface area contributed by atoms with Gasteiger partial charge in [-0.05, 0) is 31.0 Å². The van der Waals surface area contributed by atoms with Crippen molar-refractivity contribution in [2.45, 2.75) is 25.2 Å². The number of likely N-dealkylation sites (tertiary alicyclic amines) is 1. The number of benzene rings is 2. The van der Waals surface area contributed by atoms with Gasteiger partial charge >= 0.3 is 0 Å². The number of carbonyl (C=O) groups excluding carboxylic acids is 1. The maximum atomic E-state index is 13.7. The first-order chi connectivity index (χ1) is 15.5. The minimum Gasteiger partial charge on any atom is -0.496 e. The molecule has 2 aromatic carbocycles. The summed E-state index contributed by atoms with van der Waals surface area (Å²) >= 11 is 0. The fourth-order valence-electron chi connectivity index (χ4n) is 3.86. The van der Waals surface area contributed by atoms with E-state index in [4.69, 9.17) is 13.9 Å². The third-order valence-electron chi connectivity index (χ3n) is 5.50. The SMILES string of the molecule is COc1ccccc1Cc1cnc([C@H]2CCCN(C(=O)COc3ccc(F)cc3F)C2)o1. The third-order valence-corrected chi connectivity index (χ3v) is 5.50. The van der Waals surface area contributed by atoms with Crippen LogP contribution in [0.5, 0.6) is 11.5 Å². The number of ether oxygens (including phenoxy) is 2. The lowest BCUT2D eigenvalue weighted by molar-refractivity contribution is -0.134. The van der Waals surface area contributed by atoms with Gasteiger partial charge in [0.2, 0.25) is 0 Å². The molecule has 0 N–H and O–H groups in total. The number of amides is 1. The molecule has 1 aromatic heterocycles. The number of methoxy groups -OCH3 is 1. The third kappa shape index (κ3) is 5.07. The number of carbonyl (C=O) groups is 1. The summed E-state index contributed by atoms with van der Waals surface area (Å²) in [4.78, 5) is 18.7. The molecule has 1 amide bonds. The van der Waals surface area contributed by atoms with Crippen molar-refractivity contribution in [3.63, 3.8) is 0 Å². The summed E-state index contributed by atoms with van der Waals surface area (Å²) in [5, 5.41) is 0. The molecule has 1 aliphatic rings. The van der Waals surface area contributed by atoms with Crippen molar-refractivity contribution < 1.29 is 27.5 Å². The van der Waals surface area contributed by atoms with E-state index < -0.39 is 11.6 Å². The summed E-state index contributed by atoms with van der Waals surface area (Å²) in [7, 11) is 1.63. The van der Waals surface area contributed by atoms with E-state index in [1.54, 1.807) is 18.2 Å². The Morgan fingerprint density at radius 2 is 2.06 bits per heavy atom. The fourth-order valence-corrected chi connectivity index (χ4v) is 3.86. The summed E-state index contributed by atoms with van der Waals surface area (Å²) in [6, 6.07) is 10.7. The van der Waals surface area contributed by atoms with E-state index in [1.165, 1.54) is 6.07 Å². The predicted octanol–water partition coefficient (Wildman–Crippen LogP) is 4.34. The van der Waals surface area contributed by atoms with Crippen molar-refractivity contribution in [1.82, 2.24) is 9.88 Å². The number of hydrogen-bond acceptors (Lipinski definition) is 5. The van der Waals surface area contributed by atoms with E-state index in [-0.39, 0.29) is 24.2 Å². The summed E-state index contributed by atoms with van der Waals surface area (Å²) in [5.41, 5.74) is 1.00. The van der Waals surface area contributed by atoms with Gasteiger partial charge < -0.3 is 18.8 Å². The zero-order chi connectivity index (χ0) is 22.5. The summed E-state index contributed by atoms with van der Waals surface area (Å²) < 4.78 is 43.4. The highest BCUT2D eigenvalue weighted by Crippen LogP contribution is 2.28. The van der Waals surface area contributed by atoms with Crippen molar-refractivity contribution in [3.8, 4) is 11.5 Å². The molecule has 168 valence electrons. The van der Waals surface area contributed by atoms with E-state index >= 15 is 0 Å². The lowest BCUT2D eigenvalue weighted by Gasteiger charge is -2.31. The molecule has 32 heavy (non-hydrogen) atoms. The second-order valence-electron chi connectivity index (χ2n) is 7.70. The number of nitrogens with zero attached hydrogens (tertiary/aromatic N) is 2. The highest BCUT2D eigenvalue weighted by molar-refractivity contribution is 5.78. The molecule has 0 unspecified atom stereocenters. The minimum absolute atomic E-state index is 0.0262. The van der Waals surface area contributed by atoms with Gasteiger partial charge in [0, 0.05) is 31.1 Å². The Morgan fingerprint density at radius 1 is 1.22 bits per heavy atom. The van der Waals surface area contributed by atoms with Crippen LogP contribution in [0.2, 0.25) is 0 Å². The molecular weight excluding hydrogens is 418 g/mol. The Hall–Kier alpha value is -3.42. The number of aromatic nitrogens is 1. The first-order valence-corrected chi connectivity index (χ1v) is 10.5. The summed E-state index contributed by atoms with van der Waals surface area (Å²) in [6.45, 7) is 0.710.